The molecule has 0 spiro atoms. The van der Waals surface area contributed by atoms with Gasteiger partial charge in [-0.15, -0.1) is 11.3 Å². The molecule has 0 bridgehead atoms. The fourth-order valence-corrected chi connectivity index (χ4v) is 2.75. The molecule has 0 fully saturated rings. The van der Waals surface area contributed by atoms with Gasteiger partial charge in [-0.2, -0.15) is 0 Å². The molecule has 2 N–H and O–H groups in total. The van der Waals surface area contributed by atoms with Crippen molar-refractivity contribution in [3.05, 3.63) is 11.1 Å². The number of thiazole rings is 1. The van der Waals surface area contributed by atoms with E-state index in [-0.39, 0.29) is 6.04 Å². The van der Waals surface area contributed by atoms with Crippen molar-refractivity contribution >= 4 is 16.5 Å². The molecule has 1 aromatic heterocycles. The molecule has 0 saturated carbocycles. The quantitative estimate of drug-likeness (QED) is 0.782. The molecule has 1 atom stereocenters. The summed E-state index contributed by atoms with van der Waals surface area (Å²) in [7, 11) is 0. The Labute approximate surface area is 122 Å². The highest BCUT2D eigenvalue weighted by Crippen LogP contribution is 2.24. The maximum absolute atomic E-state index is 5.90. The number of aromatic nitrogens is 1. The van der Waals surface area contributed by atoms with E-state index in [0.29, 0.717) is 0 Å². The van der Waals surface area contributed by atoms with Crippen molar-refractivity contribution in [1.29, 1.82) is 0 Å². The highest BCUT2D eigenvalue weighted by molar-refractivity contribution is 7.13. The summed E-state index contributed by atoms with van der Waals surface area (Å²) in [4.78, 5) is 7.11. The molecule has 110 valence electrons. The monoisotopic (exact) mass is 283 g/mol. The molecule has 1 aromatic rings. The van der Waals surface area contributed by atoms with Crippen LogP contribution in [0.1, 0.15) is 59.2 Å². The summed E-state index contributed by atoms with van der Waals surface area (Å²) >= 11 is 1.72. The number of hydrogen-bond acceptors (Lipinski definition) is 4. The standard InChI is InChI=1S/C15H29N3S/c1-11(2)6-8-18(9-7-12(3)4)15-17-14(10-19-15)13(5)16/h10-13H,6-9,16H2,1-5H3. The minimum Gasteiger partial charge on any atom is -0.348 e. The Kier molecular flexibility index (Phi) is 6.80. The third kappa shape index (κ3) is 5.91. The molecular formula is C15H29N3S. The third-order valence-corrected chi connectivity index (χ3v) is 4.12. The second-order valence-corrected chi connectivity index (χ2v) is 7.03. The molecule has 0 aliphatic carbocycles. The van der Waals surface area contributed by atoms with Crippen LogP contribution >= 0.6 is 11.3 Å². The van der Waals surface area contributed by atoms with Crippen LogP contribution in [0.3, 0.4) is 0 Å². The summed E-state index contributed by atoms with van der Waals surface area (Å²) in [5.74, 6) is 1.46. The van der Waals surface area contributed by atoms with Crippen LogP contribution in [0.25, 0.3) is 0 Å². The Balaban J connectivity index is 2.69. The minimum absolute atomic E-state index is 0.0297. The van der Waals surface area contributed by atoms with Gasteiger partial charge >= 0.3 is 0 Å². The average molecular weight is 283 g/mol. The molecule has 0 aromatic carbocycles. The second-order valence-electron chi connectivity index (χ2n) is 6.20. The number of rotatable bonds is 8. The molecule has 19 heavy (non-hydrogen) atoms. The maximum atomic E-state index is 5.90. The van der Waals surface area contributed by atoms with Crippen molar-refractivity contribution in [2.75, 3.05) is 18.0 Å². The van der Waals surface area contributed by atoms with E-state index < -0.39 is 0 Å². The first-order valence-electron chi connectivity index (χ1n) is 7.36. The number of nitrogens with two attached hydrogens (primary N) is 1. The number of nitrogens with zero attached hydrogens (tertiary/aromatic N) is 2. The van der Waals surface area contributed by atoms with Gasteiger partial charge in [0.15, 0.2) is 5.13 Å². The maximum Gasteiger partial charge on any atom is 0.185 e. The zero-order valence-corrected chi connectivity index (χ0v) is 13.8. The van der Waals surface area contributed by atoms with Crippen LogP contribution in [0, 0.1) is 11.8 Å². The van der Waals surface area contributed by atoms with Gasteiger partial charge in [0.2, 0.25) is 0 Å². The molecule has 0 amide bonds. The molecule has 1 rings (SSSR count). The van der Waals surface area contributed by atoms with E-state index in [9.17, 15) is 0 Å². The van der Waals surface area contributed by atoms with Crippen LogP contribution in [-0.4, -0.2) is 18.1 Å². The first kappa shape index (κ1) is 16.4. The largest absolute Gasteiger partial charge is 0.348 e. The van der Waals surface area contributed by atoms with Gasteiger partial charge in [-0.1, -0.05) is 27.7 Å². The van der Waals surface area contributed by atoms with Crippen LogP contribution in [0.2, 0.25) is 0 Å². The summed E-state index contributed by atoms with van der Waals surface area (Å²) in [6.07, 6.45) is 2.43. The summed E-state index contributed by atoms with van der Waals surface area (Å²) in [5.41, 5.74) is 6.91. The Hall–Kier alpha value is -0.610. The predicted octanol–water partition coefficient (Wildman–Crippen LogP) is 4.06. The molecule has 3 nitrogen and oxygen atoms in total. The highest BCUT2D eigenvalue weighted by atomic mass is 32.1. The van der Waals surface area contributed by atoms with E-state index in [4.69, 9.17) is 5.73 Å². The van der Waals surface area contributed by atoms with Gasteiger partial charge in [-0.3, -0.25) is 0 Å². The van der Waals surface area contributed by atoms with Crippen molar-refractivity contribution < 1.29 is 0 Å². The SMILES string of the molecule is CC(C)CCN(CCC(C)C)c1nc(C(C)N)cs1. The van der Waals surface area contributed by atoms with Gasteiger partial charge in [-0.05, 0) is 31.6 Å². The predicted molar refractivity (Wildman–Crippen MR) is 85.8 cm³/mol. The molecule has 0 aliphatic rings. The zero-order valence-electron chi connectivity index (χ0n) is 13.0. The van der Waals surface area contributed by atoms with Crippen LogP contribution in [0.15, 0.2) is 5.38 Å². The smallest absolute Gasteiger partial charge is 0.185 e. The van der Waals surface area contributed by atoms with E-state index in [1.165, 1.54) is 12.8 Å². The molecule has 1 unspecified atom stereocenters. The normalized spacial score (nSPS) is 13.3. The Morgan fingerprint density at radius 3 is 2.00 bits per heavy atom. The van der Waals surface area contributed by atoms with E-state index in [1.54, 1.807) is 11.3 Å². The zero-order chi connectivity index (χ0) is 14.4. The van der Waals surface area contributed by atoms with Gasteiger partial charge in [0.05, 0.1) is 5.69 Å². The molecule has 0 aliphatic heterocycles. The molecule has 1 heterocycles. The minimum atomic E-state index is 0.0297. The first-order valence-corrected chi connectivity index (χ1v) is 8.24. The number of hydrogen-bond donors (Lipinski definition) is 1. The highest BCUT2D eigenvalue weighted by Gasteiger charge is 2.13. The fraction of sp³-hybridized carbons (Fsp3) is 0.800. The first-order chi connectivity index (χ1) is 8.90. The average Bonchev–Trinajstić information content (AvgIpc) is 2.77. The van der Waals surface area contributed by atoms with E-state index in [1.807, 2.05) is 6.92 Å². The second kappa shape index (κ2) is 7.85. The lowest BCUT2D eigenvalue weighted by Crippen LogP contribution is -2.27. The molecule has 0 saturated heterocycles. The fourth-order valence-electron chi connectivity index (χ4n) is 1.76. The third-order valence-electron chi connectivity index (χ3n) is 3.20. The summed E-state index contributed by atoms with van der Waals surface area (Å²) < 4.78 is 0. The van der Waals surface area contributed by atoms with Crippen molar-refractivity contribution in [2.45, 2.75) is 53.5 Å². The van der Waals surface area contributed by atoms with Gasteiger partial charge in [0.1, 0.15) is 0 Å². The number of anilines is 1. The van der Waals surface area contributed by atoms with Crippen molar-refractivity contribution in [1.82, 2.24) is 4.98 Å². The van der Waals surface area contributed by atoms with Crippen molar-refractivity contribution in [3.8, 4) is 0 Å². The summed E-state index contributed by atoms with van der Waals surface area (Å²) in [6, 6.07) is 0.0297. The molecule has 4 heteroatoms. The lowest BCUT2D eigenvalue weighted by atomic mass is 10.1. The topological polar surface area (TPSA) is 42.2 Å². The Morgan fingerprint density at radius 2 is 1.63 bits per heavy atom. The Morgan fingerprint density at radius 1 is 1.11 bits per heavy atom. The van der Waals surface area contributed by atoms with Crippen LogP contribution in [-0.2, 0) is 0 Å². The Bertz CT molecular complexity index is 346. The molecular weight excluding hydrogens is 254 g/mol. The van der Waals surface area contributed by atoms with Crippen molar-refractivity contribution in [3.63, 3.8) is 0 Å². The van der Waals surface area contributed by atoms with Crippen LogP contribution in [0.5, 0.6) is 0 Å². The van der Waals surface area contributed by atoms with Crippen molar-refractivity contribution in [2.24, 2.45) is 17.6 Å². The lowest BCUT2D eigenvalue weighted by molar-refractivity contribution is 0.534. The lowest BCUT2D eigenvalue weighted by Gasteiger charge is -2.23. The van der Waals surface area contributed by atoms with Crippen LogP contribution < -0.4 is 10.6 Å². The van der Waals surface area contributed by atoms with Gasteiger partial charge < -0.3 is 10.6 Å². The summed E-state index contributed by atoms with van der Waals surface area (Å²) in [5, 5.41) is 3.23. The van der Waals surface area contributed by atoms with Gasteiger partial charge in [0.25, 0.3) is 0 Å². The van der Waals surface area contributed by atoms with Crippen LogP contribution in [0.4, 0.5) is 5.13 Å². The van der Waals surface area contributed by atoms with E-state index in [0.717, 1.165) is 35.8 Å². The van der Waals surface area contributed by atoms with Gasteiger partial charge in [-0.25, -0.2) is 4.98 Å². The van der Waals surface area contributed by atoms with Gasteiger partial charge in [0, 0.05) is 24.5 Å². The van der Waals surface area contributed by atoms with E-state index >= 15 is 0 Å². The molecule has 0 radical (unpaired) electrons. The van der Waals surface area contributed by atoms with E-state index in [2.05, 4.69) is 43.0 Å². The summed E-state index contributed by atoms with van der Waals surface area (Å²) in [6.45, 7) is 13.3.